The third kappa shape index (κ3) is 5.71. The summed E-state index contributed by atoms with van der Waals surface area (Å²) in [5.74, 6) is 1.49. The maximum Gasteiger partial charge on any atom is 0.326 e. The number of fused-ring (bicyclic) bond motifs is 1. The predicted octanol–water partition coefficient (Wildman–Crippen LogP) is 3.68. The first kappa shape index (κ1) is 22.7. The van der Waals surface area contributed by atoms with Crippen molar-refractivity contribution in [3.63, 3.8) is 0 Å². The normalized spacial score (nSPS) is 15.1. The molecule has 1 aliphatic carbocycles. The van der Waals surface area contributed by atoms with Crippen molar-refractivity contribution in [3.05, 3.63) is 48.8 Å². The zero-order valence-electron chi connectivity index (χ0n) is 19.3. The lowest BCUT2D eigenvalue weighted by molar-refractivity contribution is -0.129. The molecule has 0 radical (unpaired) electrons. The van der Waals surface area contributed by atoms with Crippen LogP contribution in [0.5, 0.6) is 11.5 Å². The lowest BCUT2D eigenvalue weighted by Crippen LogP contribution is -2.34. The number of rotatable bonds is 7. The first-order chi connectivity index (χ1) is 17.0. The van der Waals surface area contributed by atoms with Crippen molar-refractivity contribution in [2.45, 2.75) is 38.1 Å². The standard InChI is InChI=1S/C25H28N6O4/c32-23(30-12-1-2-13-30)8-11-27-24(33)29-22-16-20(7-10-26-22)35-19-5-6-21-17(15-19)9-14-31(21)25(34)28-18-3-4-18/h5-7,9-10,14-16,18H,1-4,8,11-13H2,(H,28,34)(H2,26,27,29,33). The third-order valence-corrected chi connectivity index (χ3v) is 6.08. The summed E-state index contributed by atoms with van der Waals surface area (Å²) in [6, 6.07) is 10.4. The smallest absolute Gasteiger partial charge is 0.326 e. The molecule has 3 aromatic rings. The van der Waals surface area contributed by atoms with Gasteiger partial charge in [-0.15, -0.1) is 0 Å². The molecule has 1 saturated heterocycles. The Hall–Kier alpha value is -4.08. The van der Waals surface area contributed by atoms with Crippen LogP contribution in [-0.2, 0) is 4.79 Å². The predicted molar refractivity (Wildman–Crippen MR) is 131 cm³/mol. The molecule has 182 valence electrons. The summed E-state index contributed by atoms with van der Waals surface area (Å²) in [5, 5.41) is 9.21. The molecule has 2 aliphatic rings. The van der Waals surface area contributed by atoms with Gasteiger partial charge in [-0.25, -0.2) is 14.6 Å². The van der Waals surface area contributed by atoms with Crippen LogP contribution in [0.25, 0.3) is 10.9 Å². The molecule has 1 aliphatic heterocycles. The third-order valence-electron chi connectivity index (χ3n) is 6.08. The fourth-order valence-electron chi connectivity index (χ4n) is 4.08. The maximum atomic E-state index is 12.4. The maximum absolute atomic E-state index is 12.4. The van der Waals surface area contributed by atoms with Crippen LogP contribution < -0.4 is 20.7 Å². The highest BCUT2D eigenvalue weighted by molar-refractivity contribution is 5.92. The highest BCUT2D eigenvalue weighted by Gasteiger charge is 2.24. The molecular formula is C25H28N6O4. The van der Waals surface area contributed by atoms with E-state index in [1.165, 1.54) is 0 Å². The Morgan fingerprint density at radius 2 is 1.83 bits per heavy atom. The summed E-state index contributed by atoms with van der Waals surface area (Å²) in [6.45, 7) is 1.86. The molecule has 2 fully saturated rings. The van der Waals surface area contributed by atoms with Crippen molar-refractivity contribution in [2.24, 2.45) is 0 Å². The second kappa shape index (κ2) is 10.0. The van der Waals surface area contributed by atoms with E-state index >= 15 is 0 Å². The Morgan fingerprint density at radius 1 is 1.03 bits per heavy atom. The molecule has 35 heavy (non-hydrogen) atoms. The Morgan fingerprint density at radius 3 is 2.63 bits per heavy atom. The number of nitrogens with zero attached hydrogens (tertiary/aromatic N) is 3. The molecule has 10 heteroatoms. The highest BCUT2D eigenvalue weighted by atomic mass is 16.5. The number of likely N-dealkylation sites (tertiary alicyclic amines) is 1. The van der Waals surface area contributed by atoms with Gasteiger partial charge in [-0.2, -0.15) is 0 Å². The number of pyridine rings is 1. The van der Waals surface area contributed by atoms with Gasteiger partial charge in [0.25, 0.3) is 0 Å². The van der Waals surface area contributed by atoms with Crippen LogP contribution in [0.2, 0.25) is 0 Å². The number of amides is 4. The average molecular weight is 477 g/mol. The highest BCUT2D eigenvalue weighted by Crippen LogP contribution is 2.27. The molecular weight excluding hydrogens is 448 g/mol. The first-order valence-corrected chi connectivity index (χ1v) is 11.9. The molecule has 0 bridgehead atoms. The van der Waals surface area contributed by atoms with E-state index in [1.807, 2.05) is 23.1 Å². The molecule has 4 amide bonds. The number of hydrogen-bond donors (Lipinski definition) is 3. The summed E-state index contributed by atoms with van der Waals surface area (Å²) in [5.41, 5.74) is 0.799. The minimum atomic E-state index is -0.434. The van der Waals surface area contributed by atoms with Gasteiger partial charge in [-0.05, 0) is 56.0 Å². The van der Waals surface area contributed by atoms with Crippen LogP contribution in [0.15, 0.2) is 48.8 Å². The summed E-state index contributed by atoms with van der Waals surface area (Å²) < 4.78 is 7.55. The molecule has 2 aromatic heterocycles. The Bertz CT molecular complexity index is 1250. The van der Waals surface area contributed by atoms with Crippen molar-refractivity contribution in [3.8, 4) is 11.5 Å². The molecule has 3 N–H and O–H groups in total. The SMILES string of the molecule is O=C(NCCC(=O)N1CCCC1)Nc1cc(Oc2ccc3c(ccn3C(=O)NC3CC3)c2)ccn1. The molecule has 1 saturated carbocycles. The minimum Gasteiger partial charge on any atom is -0.457 e. The van der Waals surface area contributed by atoms with Gasteiger partial charge in [0.05, 0.1) is 5.52 Å². The van der Waals surface area contributed by atoms with E-state index < -0.39 is 6.03 Å². The van der Waals surface area contributed by atoms with Gasteiger partial charge >= 0.3 is 12.1 Å². The van der Waals surface area contributed by atoms with Gasteiger partial charge in [-0.3, -0.25) is 14.7 Å². The van der Waals surface area contributed by atoms with Crippen molar-refractivity contribution >= 4 is 34.7 Å². The second-order valence-electron chi connectivity index (χ2n) is 8.83. The number of anilines is 1. The van der Waals surface area contributed by atoms with Crippen LogP contribution in [-0.4, -0.2) is 58.1 Å². The zero-order chi connectivity index (χ0) is 24.2. The Balaban J connectivity index is 1.15. The van der Waals surface area contributed by atoms with Crippen molar-refractivity contribution < 1.29 is 19.1 Å². The number of benzene rings is 1. The van der Waals surface area contributed by atoms with Crippen LogP contribution >= 0.6 is 0 Å². The van der Waals surface area contributed by atoms with Crippen LogP contribution in [0.1, 0.15) is 32.1 Å². The number of hydrogen-bond acceptors (Lipinski definition) is 5. The summed E-state index contributed by atoms with van der Waals surface area (Å²) in [6.07, 6.45) is 7.72. The molecule has 0 spiro atoms. The molecule has 0 unspecified atom stereocenters. The van der Waals surface area contributed by atoms with E-state index in [0.29, 0.717) is 17.3 Å². The number of carbonyl (C=O) groups excluding carboxylic acids is 3. The molecule has 3 heterocycles. The largest absolute Gasteiger partial charge is 0.457 e. The number of nitrogens with one attached hydrogen (secondary N) is 3. The lowest BCUT2D eigenvalue weighted by atomic mass is 10.2. The van der Waals surface area contributed by atoms with Crippen molar-refractivity contribution in [1.82, 2.24) is 25.1 Å². The molecule has 10 nitrogen and oxygen atoms in total. The number of aromatic nitrogens is 2. The van der Waals surface area contributed by atoms with Crippen LogP contribution in [0.3, 0.4) is 0 Å². The van der Waals surface area contributed by atoms with Gasteiger partial charge in [-0.1, -0.05) is 0 Å². The Kier molecular flexibility index (Phi) is 6.51. The topological polar surface area (TPSA) is 118 Å². The number of urea groups is 1. The fourth-order valence-corrected chi connectivity index (χ4v) is 4.08. The van der Waals surface area contributed by atoms with E-state index in [1.54, 1.807) is 35.2 Å². The number of ether oxygens (including phenoxy) is 1. The van der Waals surface area contributed by atoms with Gasteiger partial charge < -0.3 is 20.3 Å². The van der Waals surface area contributed by atoms with E-state index in [-0.39, 0.29) is 30.9 Å². The quantitative estimate of drug-likeness (QED) is 0.481. The Labute approximate surface area is 202 Å². The first-order valence-electron chi connectivity index (χ1n) is 11.9. The van der Waals surface area contributed by atoms with Crippen molar-refractivity contribution in [2.75, 3.05) is 25.0 Å². The van der Waals surface area contributed by atoms with Gasteiger partial charge in [0.1, 0.15) is 17.3 Å². The average Bonchev–Trinajstić information content (AvgIpc) is 3.31. The summed E-state index contributed by atoms with van der Waals surface area (Å²) in [7, 11) is 0. The molecule has 5 rings (SSSR count). The fraction of sp³-hybridized carbons (Fsp3) is 0.360. The van der Waals surface area contributed by atoms with E-state index in [0.717, 1.165) is 49.7 Å². The minimum absolute atomic E-state index is 0.0622. The summed E-state index contributed by atoms with van der Waals surface area (Å²) >= 11 is 0. The lowest BCUT2D eigenvalue weighted by Gasteiger charge is -2.15. The van der Waals surface area contributed by atoms with E-state index in [9.17, 15) is 14.4 Å². The number of carbonyl (C=O) groups is 3. The zero-order valence-corrected chi connectivity index (χ0v) is 19.3. The second-order valence-corrected chi connectivity index (χ2v) is 8.83. The van der Waals surface area contributed by atoms with E-state index in [4.69, 9.17) is 4.74 Å². The van der Waals surface area contributed by atoms with Gasteiger partial charge in [0, 0.05) is 55.9 Å². The monoisotopic (exact) mass is 476 g/mol. The van der Waals surface area contributed by atoms with Crippen LogP contribution in [0, 0.1) is 0 Å². The van der Waals surface area contributed by atoms with Crippen LogP contribution in [0.4, 0.5) is 15.4 Å². The van der Waals surface area contributed by atoms with Crippen molar-refractivity contribution in [1.29, 1.82) is 0 Å². The van der Waals surface area contributed by atoms with Gasteiger partial charge in [0.15, 0.2) is 0 Å². The molecule has 1 aromatic carbocycles. The van der Waals surface area contributed by atoms with Gasteiger partial charge in [0.2, 0.25) is 5.91 Å². The van der Waals surface area contributed by atoms with E-state index in [2.05, 4.69) is 20.9 Å². The molecule has 0 atom stereocenters. The summed E-state index contributed by atoms with van der Waals surface area (Å²) in [4.78, 5) is 42.6.